The summed E-state index contributed by atoms with van der Waals surface area (Å²) in [7, 11) is 0. The average molecular weight is 234 g/mol. The quantitative estimate of drug-likeness (QED) is 0.409. The van der Waals surface area contributed by atoms with Crippen LogP contribution in [0.1, 0.15) is 31.7 Å². The lowest BCUT2D eigenvalue weighted by Crippen LogP contribution is -2.22. The Labute approximate surface area is 101 Å². The molecule has 1 rings (SSSR count). The normalized spacial score (nSPS) is 11.2. The lowest BCUT2D eigenvalue weighted by atomic mass is 10.0. The number of nitrogens with two attached hydrogens (primary N) is 2. The average Bonchev–Trinajstić information content (AvgIpc) is 2.30. The zero-order valence-electron chi connectivity index (χ0n) is 9.93. The number of rotatable bonds is 5. The number of aromatic hydroxyl groups is 1. The highest BCUT2D eigenvalue weighted by molar-refractivity contribution is 6.00. The summed E-state index contributed by atoms with van der Waals surface area (Å²) in [5.41, 5.74) is 12.2. The Bertz CT molecular complexity index is 405. The van der Waals surface area contributed by atoms with Crippen LogP contribution in [0.2, 0.25) is 0 Å². The number of nitrogens with zero attached hydrogens (tertiary/aromatic N) is 2. The minimum absolute atomic E-state index is 0.0576. The van der Waals surface area contributed by atoms with E-state index in [0.29, 0.717) is 0 Å². The van der Waals surface area contributed by atoms with Crippen molar-refractivity contribution in [1.82, 2.24) is 0 Å². The van der Waals surface area contributed by atoms with Gasteiger partial charge in [0.2, 0.25) is 5.96 Å². The second-order valence-electron chi connectivity index (χ2n) is 3.72. The van der Waals surface area contributed by atoms with Crippen molar-refractivity contribution in [3.63, 3.8) is 0 Å². The Morgan fingerprint density at radius 3 is 2.35 bits per heavy atom. The van der Waals surface area contributed by atoms with Crippen LogP contribution < -0.4 is 11.5 Å². The molecule has 0 aliphatic heterocycles. The molecule has 0 amide bonds. The molecule has 0 bridgehead atoms. The molecular weight excluding hydrogens is 216 g/mol. The van der Waals surface area contributed by atoms with Crippen molar-refractivity contribution in [3.05, 3.63) is 29.8 Å². The molecular formula is C12H18N4O. The molecule has 1 aromatic carbocycles. The third kappa shape index (κ3) is 4.55. The topological polar surface area (TPSA) is 97.0 Å². The third-order valence-corrected chi connectivity index (χ3v) is 2.25. The van der Waals surface area contributed by atoms with E-state index >= 15 is 0 Å². The Morgan fingerprint density at radius 2 is 1.82 bits per heavy atom. The fourth-order valence-electron chi connectivity index (χ4n) is 1.37. The van der Waals surface area contributed by atoms with Crippen LogP contribution in [0.3, 0.4) is 0 Å². The molecule has 0 heterocycles. The van der Waals surface area contributed by atoms with Crippen LogP contribution in [-0.4, -0.2) is 16.8 Å². The van der Waals surface area contributed by atoms with Crippen LogP contribution in [0.4, 0.5) is 0 Å². The molecule has 0 spiro atoms. The number of phenols is 1. The third-order valence-electron chi connectivity index (χ3n) is 2.25. The monoisotopic (exact) mass is 234 g/mol. The van der Waals surface area contributed by atoms with Gasteiger partial charge in [-0.1, -0.05) is 13.3 Å². The summed E-state index contributed by atoms with van der Waals surface area (Å²) in [6.45, 7) is 2.11. The SMILES string of the molecule is CCCC/C(=N\N=C(N)N)c1ccc(O)cc1. The second-order valence-corrected chi connectivity index (χ2v) is 3.72. The predicted octanol–water partition coefficient (Wildman–Crippen LogP) is 1.56. The summed E-state index contributed by atoms with van der Waals surface area (Å²) in [6.07, 6.45) is 2.89. The zero-order chi connectivity index (χ0) is 12.7. The molecule has 5 heteroatoms. The summed E-state index contributed by atoms with van der Waals surface area (Å²) in [5, 5.41) is 16.9. The first-order chi connectivity index (χ1) is 8.13. The van der Waals surface area contributed by atoms with E-state index in [0.717, 1.165) is 30.5 Å². The summed E-state index contributed by atoms with van der Waals surface area (Å²) in [5.74, 6) is 0.170. The van der Waals surface area contributed by atoms with E-state index in [4.69, 9.17) is 11.5 Å². The van der Waals surface area contributed by atoms with Gasteiger partial charge in [0, 0.05) is 0 Å². The maximum absolute atomic E-state index is 9.23. The summed E-state index contributed by atoms with van der Waals surface area (Å²) in [6, 6.07) is 6.83. The number of phenolic OH excluding ortho intramolecular Hbond substituents is 1. The van der Waals surface area contributed by atoms with Gasteiger partial charge in [-0.05, 0) is 42.7 Å². The minimum atomic E-state index is -0.0576. The van der Waals surface area contributed by atoms with Crippen LogP contribution in [0.15, 0.2) is 34.5 Å². The van der Waals surface area contributed by atoms with Crippen molar-refractivity contribution in [2.75, 3.05) is 0 Å². The molecule has 0 radical (unpaired) electrons. The van der Waals surface area contributed by atoms with E-state index in [9.17, 15) is 5.11 Å². The van der Waals surface area contributed by atoms with E-state index in [2.05, 4.69) is 17.1 Å². The summed E-state index contributed by atoms with van der Waals surface area (Å²) in [4.78, 5) is 0. The highest BCUT2D eigenvalue weighted by atomic mass is 16.3. The standard InChI is InChI=1S/C12H18N4O/c1-2-3-4-11(15-16-12(13)14)9-5-7-10(17)8-6-9/h5-8,17H,2-4H2,1H3,(H4,13,14,16)/b15-11+. The molecule has 0 aliphatic rings. The Kier molecular flexibility index (Phi) is 5.00. The fraction of sp³-hybridized carbons (Fsp3) is 0.333. The highest BCUT2D eigenvalue weighted by Crippen LogP contribution is 2.13. The maximum atomic E-state index is 9.23. The lowest BCUT2D eigenvalue weighted by molar-refractivity contribution is 0.475. The summed E-state index contributed by atoms with van der Waals surface area (Å²) >= 11 is 0. The van der Waals surface area contributed by atoms with Crippen LogP contribution in [0, 0.1) is 0 Å². The van der Waals surface area contributed by atoms with Gasteiger partial charge in [-0.2, -0.15) is 5.10 Å². The smallest absolute Gasteiger partial charge is 0.211 e. The number of unbranched alkanes of at least 4 members (excludes halogenated alkanes) is 1. The van der Waals surface area contributed by atoms with Crippen LogP contribution in [0.25, 0.3) is 0 Å². The zero-order valence-corrected chi connectivity index (χ0v) is 9.93. The van der Waals surface area contributed by atoms with Gasteiger partial charge < -0.3 is 16.6 Å². The first-order valence-electron chi connectivity index (χ1n) is 5.58. The first kappa shape index (κ1) is 13.0. The molecule has 0 unspecified atom stereocenters. The van der Waals surface area contributed by atoms with E-state index in [1.807, 2.05) is 0 Å². The van der Waals surface area contributed by atoms with Crippen molar-refractivity contribution in [2.24, 2.45) is 21.7 Å². The van der Waals surface area contributed by atoms with Crippen LogP contribution in [0.5, 0.6) is 5.75 Å². The second kappa shape index (κ2) is 6.52. The van der Waals surface area contributed by atoms with E-state index < -0.39 is 0 Å². The van der Waals surface area contributed by atoms with Gasteiger partial charge in [0.15, 0.2) is 0 Å². The van der Waals surface area contributed by atoms with Gasteiger partial charge in [0.25, 0.3) is 0 Å². The number of hydrogen-bond acceptors (Lipinski definition) is 3. The van der Waals surface area contributed by atoms with Crippen LogP contribution in [-0.2, 0) is 0 Å². The molecule has 5 N–H and O–H groups in total. The van der Waals surface area contributed by atoms with E-state index in [1.54, 1.807) is 24.3 Å². The molecule has 17 heavy (non-hydrogen) atoms. The minimum Gasteiger partial charge on any atom is -0.508 e. The summed E-state index contributed by atoms with van der Waals surface area (Å²) < 4.78 is 0. The predicted molar refractivity (Wildman–Crippen MR) is 70.0 cm³/mol. The van der Waals surface area contributed by atoms with Crippen molar-refractivity contribution in [2.45, 2.75) is 26.2 Å². The van der Waals surface area contributed by atoms with E-state index in [1.165, 1.54) is 0 Å². The molecule has 0 aromatic heterocycles. The largest absolute Gasteiger partial charge is 0.508 e. The molecule has 1 aromatic rings. The molecule has 0 atom stereocenters. The van der Waals surface area contributed by atoms with Gasteiger partial charge in [-0.3, -0.25) is 0 Å². The lowest BCUT2D eigenvalue weighted by Gasteiger charge is -2.04. The van der Waals surface area contributed by atoms with Gasteiger partial charge in [0.05, 0.1) is 5.71 Å². The van der Waals surface area contributed by atoms with Gasteiger partial charge in [-0.15, -0.1) is 5.10 Å². The van der Waals surface area contributed by atoms with Gasteiger partial charge >= 0.3 is 0 Å². The maximum Gasteiger partial charge on any atom is 0.211 e. The van der Waals surface area contributed by atoms with E-state index in [-0.39, 0.29) is 11.7 Å². The van der Waals surface area contributed by atoms with Crippen LogP contribution >= 0.6 is 0 Å². The van der Waals surface area contributed by atoms with Crippen molar-refractivity contribution in [1.29, 1.82) is 0 Å². The van der Waals surface area contributed by atoms with Gasteiger partial charge in [-0.25, -0.2) is 0 Å². The first-order valence-corrected chi connectivity index (χ1v) is 5.58. The molecule has 0 saturated heterocycles. The number of hydrogen-bond donors (Lipinski definition) is 3. The van der Waals surface area contributed by atoms with Crippen molar-refractivity contribution < 1.29 is 5.11 Å². The number of guanidine groups is 1. The van der Waals surface area contributed by atoms with Crippen molar-refractivity contribution in [3.8, 4) is 5.75 Å². The highest BCUT2D eigenvalue weighted by Gasteiger charge is 2.03. The molecule has 0 fully saturated rings. The number of benzene rings is 1. The molecule has 92 valence electrons. The molecule has 5 nitrogen and oxygen atoms in total. The fourth-order valence-corrected chi connectivity index (χ4v) is 1.37. The Morgan fingerprint density at radius 1 is 1.18 bits per heavy atom. The van der Waals surface area contributed by atoms with Gasteiger partial charge in [0.1, 0.15) is 5.75 Å². The Hall–Kier alpha value is -2.04. The Balaban J connectivity index is 2.93. The molecule has 0 aliphatic carbocycles. The molecule has 0 saturated carbocycles. The van der Waals surface area contributed by atoms with Crippen molar-refractivity contribution >= 4 is 11.7 Å².